The molecule has 0 bridgehead atoms. The molecule has 0 saturated carbocycles. The number of ether oxygens (including phenoxy) is 3. The number of hydrogen-bond acceptors (Lipinski definition) is 6. The maximum absolute atomic E-state index is 12.9. The first-order chi connectivity index (χ1) is 37.0. The highest BCUT2D eigenvalue weighted by Gasteiger charge is 2.19. The van der Waals surface area contributed by atoms with Crippen molar-refractivity contribution in [3.8, 4) is 0 Å². The number of esters is 3. The molecule has 6 heteroatoms. The van der Waals surface area contributed by atoms with E-state index in [4.69, 9.17) is 14.2 Å². The van der Waals surface area contributed by atoms with Gasteiger partial charge >= 0.3 is 17.9 Å². The van der Waals surface area contributed by atoms with Crippen LogP contribution in [0.25, 0.3) is 0 Å². The number of carbonyl (C=O) groups excluding carboxylic acids is 3. The lowest BCUT2D eigenvalue weighted by molar-refractivity contribution is -0.167. The zero-order valence-corrected chi connectivity index (χ0v) is 48.8. The summed E-state index contributed by atoms with van der Waals surface area (Å²) in [6, 6.07) is 0. The molecular formula is C69H114O6. The SMILES string of the molecule is CC/C=C\C/C=C\C/C=C\C/C=C\C/C=C\CCCC(=O)OCC(COC(=O)CCCCCCCC/C=C\C/C=C\C/C=C\CCCCCCC)OC(=O)CCCCCCCCCCC/C=C\C/C=C\CCCCC. The van der Waals surface area contributed by atoms with Crippen molar-refractivity contribution in [3.63, 3.8) is 0 Å². The molecule has 75 heavy (non-hydrogen) atoms. The topological polar surface area (TPSA) is 78.9 Å². The summed E-state index contributed by atoms with van der Waals surface area (Å²) in [5, 5.41) is 0. The van der Waals surface area contributed by atoms with Crippen molar-refractivity contribution in [1.29, 1.82) is 0 Å². The average Bonchev–Trinajstić information content (AvgIpc) is 3.41. The number of allylic oxidation sites excluding steroid dienone is 20. The van der Waals surface area contributed by atoms with Crippen LogP contribution in [0.15, 0.2) is 122 Å². The van der Waals surface area contributed by atoms with E-state index in [1.165, 1.54) is 122 Å². The summed E-state index contributed by atoms with van der Waals surface area (Å²) in [5.41, 5.74) is 0. The van der Waals surface area contributed by atoms with Crippen LogP contribution in [0.4, 0.5) is 0 Å². The van der Waals surface area contributed by atoms with Crippen LogP contribution < -0.4 is 0 Å². The van der Waals surface area contributed by atoms with Gasteiger partial charge in [-0.15, -0.1) is 0 Å². The van der Waals surface area contributed by atoms with Crippen LogP contribution in [0.3, 0.4) is 0 Å². The molecule has 0 saturated heterocycles. The van der Waals surface area contributed by atoms with Gasteiger partial charge in [0.2, 0.25) is 0 Å². The second-order valence-electron chi connectivity index (χ2n) is 20.2. The second kappa shape index (κ2) is 62.4. The Labute approximate surface area is 462 Å². The molecule has 0 aromatic carbocycles. The standard InChI is InChI=1S/C69H114O6/c1-4-7-10-13-16-19-22-25-28-31-33-34-36-38-41-44-47-50-53-56-59-62-68(71)74-65-66(64-73-67(70)61-58-55-52-49-46-43-40-37-30-27-24-21-18-15-12-9-6-3)75-69(72)63-60-57-54-51-48-45-42-39-35-32-29-26-23-20-17-14-11-8-5-2/h9,12,17-18,20-22,25-27,29-31,33,36,38,40,43,49,52,66H,4-8,10-11,13-16,19,23-24,28,32,34-35,37,39,41-42,44-48,50-51,53-65H2,1-3H3/b12-9-,20-17-,21-18-,25-22-,29-26-,30-27-,33-31-,38-36-,43-40-,52-49-. The summed E-state index contributed by atoms with van der Waals surface area (Å²) < 4.78 is 16.9. The predicted molar refractivity (Wildman–Crippen MR) is 325 cm³/mol. The number of rotatable bonds is 55. The van der Waals surface area contributed by atoms with E-state index in [-0.39, 0.29) is 37.5 Å². The minimum absolute atomic E-state index is 0.107. The van der Waals surface area contributed by atoms with Crippen molar-refractivity contribution < 1.29 is 28.6 Å². The molecule has 0 N–H and O–H groups in total. The molecule has 0 aliphatic rings. The molecule has 0 rings (SSSR count). The second-order valence-corrected chi connectivity index (χ2v) is 20.2. The Hall–Kier alpha value is -4.19. The van der Waals surface area contributed by atoms with Gasteiger partial charge in [-0.1, -0.05) is 251 Å². The number of unbranched alkanes of at least 4 members (excludes halogenated alkanes) is 24. The third kappa shape index (κ3) is 60.6. The largest absolute Gasteiger partial charge is 0.462 e. The summed E-state index contributed by atoms with van der Waals surface area (Å²) in [4.78, 5) is 38.3. The molecule has 0 aliphatic carbocycles. The van der Waals surface area contributed by atoms with Crippen molar-refractivity contribution in [3.05, 3.63) is 122 Å². The van der Waals surface area contributed by atoms with Crippen molar-refractivity contribution in [1.82, 2.24) is 0 Å². The van der Waals surface area contributed by atoms with Gasteiger partial charge in [0.15, 0.2) is 6.10 Å². The first-order valence-corrected chi connectivity index (χ1v) is 31.0. The lowest BCUT2D eigenvalue weighted by Crippen LogP contribution is -2.30. The maximum Gasteiger partial charge on any atom is 0.306 e. The summed E-state index contributed by atoms with van der Waals surface area (Å²) >= 11 is 0. The van der Waals surface area contributed by atoms with E-state index < -0.39 is 6.10 Å². The van der Waals surface area contributed by atoms with E-state index in [9.17, 15) is 14.4 Å². The molecule has 6 nitrogen and oxygen atoms in total. The Balaban J connectivity index is 4.50. The highest BCUT2D eigenvalue weighted by Crippen LogP contribution is 2.15. The van der Waals surface area contributed by atoms with Gasteiger partial charge in [0.05, 0.1) is 0 Å². The molecule has 0 aromatic rings. The van der Waals surface area contributed by atoms with E-state index in [1.807, 2.05) is 0 Å². The zero-order valence-electron chi connectivity index (χ0n) is 48.8. The molecular weight excluding hydrogens is 925 g/mol. The van der Waals surface area contributed by atoms with E-state index >= 15 is 0 Å². The van der Waals surface area contributed by atoms with Gasteiger partial charge in [-0.05, 0) is 128 Å². The van der Waals surface area contributed by atoms with Crippen LogP contribution in [0.2, 0.25) is 0 Å². The fourth-order valence-corrected chi connectivity index (χ4v) is 8.28. The van der Waals surface area contributed by atoms with Crippen LogP contribution >= 0.6 is 0 Å². The summed E-state index contributed by atoms with van der Waals surface area (Å²) in [6.45, 7) is 6.44. The van der Waals surface area contributed by atoms with Gasteiger partial charge in [-0.25, -0.2) is 0 Å². The molecule has 426 valence electrons. The van der Waals surface area contributed by atoms with E-state index in [1.54, 1.807) is 0 Å². The molecule has 0 radical (unpaired) electrons. The molecule has 0 spiro atoms. The van der Waals surface area contributed by atoms with Crippen LogP contribution in [-0.4, -0.2) is 37.2 Å². The Morgan fingerprint density at radius 1 is 0.280 bits per heavy atom. The smallest absolute Gasteiger partial charge is 0.306 e. The third-order valence-corrected chi connectivity index (χ3v) is 12.9. The van der Waals surface area contributed by atoms with Crippen molar-refractivity contribution in [2.75, 3.05) is 13.2 Å². The highest BCUT2D eigenvalue weighted by molar-refractivity contribution is 5.71. The molecule has 0 aliphatic heterocycles. The van der Waals surface area contributed by atoms with Gasteiger partial charge in [-0.2, -0.15) is 0 Å². The first kappa shape index (κ1) is 70.8. The Morgan fingerprint density at radius 2 is 0.533 bits per heavy atom. The lowest BCUT2D eigenvalue weighted by atomic mass is 10.1. The minimum Gasteiger partial charge on any atom is -0.462 e. The van der Waals surface area contributed by atoms with Gasteiger partial charge in [0.1, 0.15) is 13.2 Å². The van der Waals surface area contributed by atoms with Crippen LogP contribution in [0, 0.1) is 0 Å². The molecule has 1 atom stereocenters. The van der Waals surface area contributed by atoms with Gasteiger partial charge in [0.25, 0.3) is 0 Å². The summed E-state index contributed by atoms with van der Waals surface area (Å²) in [7, 11) is 0. The van der Waals surface area contributed by atoms with Crippen LogP contribution in [0.1, 0.15) is 278 Å². The monoisotopic (exact) mass is 1040 g/mol. The van der Waals surface area contributed by atoms with E-state index in [0.29, 0.717) is 19.3 Å². The summed E-state index contributed by atoms with van der Waals surface area (Å²) in [6.07, 6.45) is 86.2. The molecule has 0 aromatic heterocycles. The van der Waals surface area contributed by atoms with Crippen molar-refractivity contribution in [2.24, 2.45) is 0 Å². The normalized spacial score (nSPS) is 12.9. The van der Waals surface area contributed by atoms with Gasteiger partial charge in [-0.3, -0.25) is 14.4 Å². The molecule has 0 amide bonds. The fourth-order valence-electron chi connectivity index (χ4n) is 8.28. The fraction of sp³-hybridized carbons (Fsp3) is 0.667. The third-order valence-electron chi connectivity index (χ3n) is 12.9. The van der Waals surface area contributed by atoms with Gasteiger partial charge in [0, 0.05) is 19.3 Å². The lowest BCUT2D eigenvalue weighted by Gasteiger charge is -2.18. The van der Waals surface area contributed by atoms with Crippen molar-refractivity contribution >= 4 is 17.9 Å². The van der Waals surface area contributed by atoms with E-state index in [0.717, 1.165) is 109 Å². The zero-order chi connectivity index (χ0) is 54.3. The summed E-state index contributed by atoms with van der Waals surface area (Å²) in [5.74, 6) is -0.980. The van der Waals surface area contributed by atoms with E-state index in [2.05, 4.69) is 142 Å². The number of carbonyl (C=O) groups is 3. The first-order valence-electron chi connectivity index (χ1n) is 31.0. The van der Waals surface area contributed by atoms with Crippen LogP contribution in [-0.2, 0) is 28.6 Å². The molecule has 1 unspecified atom stereocenters. The van der Waals surface area contributed by atoms with Crippen molar-refractivity contribution in [2.45, 2.75) is 284 Å². The highest BCUT2D eigenvalue weighted by atomic mass is 16.6. The number of hydrogen-bond donors (Lipinski definition) is 0. The molecule has 0 heterocycles. The van der Waals surface area contributed by atoms with Crippen LogP contribution in [0.5, 0.6) is 0 Å². The molecule has 0 fully saturated rings. The Morgan fingerprint density at radius 3 is 0.893 bits per heavy atom. The predicted octanol–water partition coefficient (Wildman–Crippen LogP) is 21.2. The Kier molecular flexibility index (Phi) is 58.9. The quantitative estimate of drug-likeness (QED) is 0.0261. The maximum atomic E-state index is 12.9. The minimum atomic E-state index is -0.814. The average molecular weight is 1040 g/mol. The van der Waals surface area contributed by atoms with Gasteiger partial charge < -0.3 is 14.2 Å². The Bertz CT molecular complexity index is 1570.